The monoisotopic (exact) mass is 509 g/mol. The molecule has 4 rings (SSSR count). The molecule has 12 nitrogen and oxygen atoms in total. The molecule has 2 N–H and O–H groups in total. The Morgan fingerprint density at radius 1 is 1.17 bits per heavy atom. The summed E-state index contributed by atoms with van der Waals surface area (Å²) >= 11 is 0. The number of ether oxygens (including phenoxy) is 2. The molecule has 186 valence electrons. The zero-order valence-electron chi connectivity index (χ0n) is 19.9. The van der Waals surface area contributed by atoms with Crippen molar-refractivity contribution in [3.8, 4) is 17.2 Å². The van der Waals surface area contributed by atoms with E-state index in [9.17, 15) is 13.5 Å². The van der Waals surface area contributed by atoms with Crippen molar-refractivity contribution in [2.45, 2.75) is 25.2 Å². The predicted molar refractivity (Wildman–Crippen MR) is 132 cm³/mol. The Morgan fingerprint density at radius 3 is 2.61 bits per heavy atom. The molecule has 2 atom stereocenters. The summed E-state index contributed by atoms with van der Waals surface area (Å²) in [5, 5.41) is 17.7. The highest BCUT2D eigenvalue weighted by Crippen LogP contribution is 2.36. The number of methoxy groups -OCH3 is 2. The Labute approximate surface area is 207 Å². The first-order chi connectivity index (χ1) is 17.3. The number of hydrogen-bond donors (Lipinski definition) is 2. The molecule has 0 saturated heterocycles. The van der Waals surface area contributed by atoms with E-state index in [0.29, 0.717) is 11.4 Å². The van der Waals surface area contributed by atoms with Gasteiger partial charge in [0.1, 0.15) is 28.5 Å². The molecule has 36 heavy (non-hydrogen) atoms. The number of benzene rings is 1. The van der Waals surface area contributed by atoms with Crippen LogP contribution >= 0.6 is 0 Å². The minimum atomic E-state index is -4.14. The molecule has 0 amide bonds. The third kappa shape index (κ3) is 4.77. The maximum absolute atomic E-state index is 13.5. The van der Waals surface area contributed by atoms with E-state index in [2.05, 4.69) is 41.3 Å². The smallest absolute Gasteiger partial charge is 0.243 e. The van der Waals surface area contributed by atoms with Gasteiger partial charge in [-0.1, -0.05) is 11.8 Å². The van der Waals surface area contributed by atoms with Gasteiger partial charge < -0.3 is 14.6 Å². The molecule has 2 aromatic heterocycles. The Hall–Kier alpha value is -4.28. The van der Waals surface area contributed by atoms with Gasteiger partial charge in [0.05, 0.1) is 24.7 Å². The molecular weight excluding hydrogens is 486 g/mol. The lowest BCUT2D eigenvalue weighted by molar-refractivity contribution is 0.0985. The van der Waals surface area contributed by atoms with Gasteiger partial charge in [-0.15, -0.1) is 10.2 Å². The number of aliphatic imine (C=N–C) groups is 1. The molecule has 0 fully saturated rings. The van der Waals surface area contributed by atoms with Crippen LogP contribution in [0.3, 0.4) is 0 Å². The highest BCUT2D eigenvalue weighted by molar-refractivity contribution is 7.93. The number of nitrogens with zero attached hydrogens (tertiary/aromatic N) is 6. The molecule has 0 radical (unpaired) electrons. The summed E-state index contributed by atoms with van der Waals surface area (Å²) in [6.07, 6.45) is 5.10. The number of hydrogen-bond acceptors (Lipinski definition) is 10. The third-order valence-corrected chi connectivity index (χ3v) is 7.04. The molecule has 13 heteroatoms. The van der Waals surface area contributed by atoms with Gasteiger partial charge in [0.2, 0.25) is 16.0 Å². The van der Waals surface area contributed by atoms with E-state index in [-0.39, 0.29) is 34.7 Å². The Bertz CT molecular complexity index is 1520. The summed E-state index contributed by atoms with van der Waals surface area (Å²) in [5.41, 5.74) is 6.94. The quantitative estimate of drug-likeness (QED) is 0.414. The number of para-hydroxylation sites is 1. The number of phenols is 1. The number of allylic oxidation sites excluding steroid dienone is 1. The molecule has 3 heterocycles. The third-order valence-electron chi connectivity index (χ3n) is 5.34. The van der Waals surface area contributed by atoms with Crippen LogP contribution in [0.25, 0.3) is 11.4 Å². The van der Waals surface area contributed by atoms with E-state index in [1.165, 1.54) is 50.4 Å². The van der Waals surface area contributed by atoms with Crippen molar-refractivity contribution in [2.75, 3.05) is 18.9 Å². The largest absolute Gasteiger partial charge is 0.506 e. The Balaban J connectivity index is 1.81. The van der Waals surface area contributed by atoms with Crippen molar-refractivity contribution in [2.24, 2.45) is 4.99 Å². The minimum Gasteiger partial charge on any atom is -0.506 e. The van der Waals surface area contributed by atoms with E-state index in [0.717, 1.165) is 0 Å². The van der Waals surface area contributed by atoms with E-state index in [1.807, 2.05) is 0 Å². The van der Waals surface area contributed by atoms with Crippen LogP contribution in [0.1, 0.15) is 30.2 Å². The molecule has 0 aliphatic carbocycles. The van der Waals surface area contributed by atoms with Crippen LogP contribution in [0, 0.1) is 6.92 Å². The molecule has 1 aromatic carbocycles. The van der Waals surface area contributed by atoms with Gasteiger partial charge >= 0.3 is 0 Å². The van der Waals surface area contributed by atoms with Crippen LogP contribution in [0.15, 0.2) is 53.1 Å². The van der Waals surface area contributed by atoms with Gasteiger partial charge in [-0.2, -0.15) is 0 Å². The normalized spacial score (nSPS) is 14.4. The van der Waals surface area contributed by atoms with Gasteiger partial charge in [-0.25, -0.2) is 13.4 Å². The fourth-order valence-corrected chi connectivity index (χ4v) is 4.65. The molecule has 3 aromatic rings. The molecule has 0 bridgehead atoms. The number of aromatic nitrogens is 5. The highest BCUT2D eigenvalue weighted by atomic mass is 32.2. The molecule has 1 aliphatic rings. The summed E-state index contributed by atoms with van der Waals surface area (Å²) in [7, 11) is -1.34. The van der Waals surface area contributed by atoms with Crippen molar-refractivity contribution in [3.05, 3.63) is 65.3 Å². The van der Waals surface area contributed by atoms with Crippen LogP contribution in [0.5, 0.6) is 11.5 Å². The second kappa shape index (κ2) is 10.1. The van der Waals surface area contributed by atoms with Gasteiger partial charge in [0.25, 0.3) is 0 Å². The SMILES string of the molecule is COc1cccc(O)c1-n1c(NS(=O)(=O)[C@@H](C)[C@H](OC)c2cnc(C)cn2)nnc1C1=C=C=CC=N1. The number of nitrogens with one attached hydrogen (secondary N) is 1. The van der Waals surface area contributed by atoms with Crippen LogP contribution in [-0.2, 0) is 14.8 Å². The average molecular weight is 510 g/mol. The topological polar surface area (TPSA) is 154 Å². The van der Waals surface area contributed by atoms with E-state index < -0.39 is 21.4 Å². The summed E-state index contributed by atoms with van der Waals surface area (Å²) in [6, 6.07) is 4.61. The Morgan fingerprint density at radius 2 is 1.97 bits per heavy atom. The second-order valence-electron chi connectivity index (χ2n) is 7.66. The zero-order valence-corrected chi connectivity index (χ0v) is 20.7. The highest BCUT2D eigenvalue weighted by Gasteiger charge is 2.34. The van der Waals surface area contributed by atoms with Crippen LogP contribution < -0.4 is 9.46 Å². The van der Waals surface area contributed by atoms with E-state index >= 15 is 0 Å². The van der Waals surface area contributed by atoms with Gasteiger partial charge in [-0.3, -0.25) is 19.3 Å². The summed E-state index contributed by atoms with van der Waals surface area (Å²) in [6.45, 7) is 3.25. The molecule has 1 aliphatic heterocycles. The Kier molecular flexibility index (Phi) is 7.00. The van der Waals surface area contributed by atoms with Crippen molar-refractivity contribution in [1.82, 2.24) is 24.7 Å². The van der Waals surface area contributed by atoms with Crippen molar-refractivity contribution < 1.29 is 23.0 Å². The minimum absolute atomic E-state index is 0.102. The number of aromatic hydroxyl groups is 1. The van der Waals surface area contributed by atoms with E-state index in [4.69, 9.17) is 9.47 Å². The zero-order chi connectivity index (χ0) is 25.9. The van der Waals surface area contributed by atoms with Gasteiger partial charge in [0, 0.05) is 25.6 Å². The summed E-state index contributed by atoms with van der Waals surface area (Å²) in [5.74, 6) is -0.0621. The molecule has 0 spiro atoms. The predicted octanol–water partition coefficient (Wildman–Crippen LogP) is 2.33. The molecular formula is C23H23N7O5S. The second-order valence-corrected chi connectivity index (χ2v) is 9.70. The number of phenolic OH excluding ortho intramolecular Hbond substituents is 1. The van der Waals surface area contributed by atoms with Crippen LogP contribution in [0.2, 0.25) is 0 Å². The first-order valence-corrected chi connectivity index (χ1v) is 12.2. The maximum Gasteiger partial charge on any atom is 0.243 e. The van der Waals surface area contributed by atoms with Crippen LogP contribution in [0.4, 0.5) is 5.95 Å². The summed E-state index contributed by atoms with van der Waals surface area (Å²) in [4.78, 5) is 12.6. The van der Waals surface area contributed by atoms with Gasteiger partial charge in [-0.05, 0) is 31.7 Å². The lowest BCUT2D eigenvalue weighted by atomic mass is 10.2. The van der Waals surface area contributed by atoms with Crippen LogP contribution in [-0.4, -0.2) is 63.9 Å². The van der Waals surface area contributed by atoms with Gasteiger partial charge in [0.15, 0.2) is 11.5 Å². The molecule has 0 unspecified atom stereocenters. The van der Waals surface area contributed by atoms with E-state index in [1.54, 1.807) is 25.1 Å². The fourth-order valence-electron chi connectivity index (χ4n) is 3.51. The number of anilines is 1. The first-order valence-electron chi connectivity index (χ1n) is 10.7. The lowest BCUT2D eigenvalue weighted by Crippen LogP contribution is -2.33. The first kappa shape index (κ1) is 24.8. The number of aryl methyl sites for hydroxylation is 1. The average Bonchev–Trinajstić information content (AvgIpc) is 3.28. The number of sulfonamides is 1. The maximum atomic E-state index is 13.5. The standard InChI is InChI=1S/C23H23N7O5S/c1-14-12-26-17(13-25-14)21(35-4)15(2)36(32,33)29-23-28-27-22(16-8-5-6-11-24-16)30(23)20-18(31)9-7-10-19(20)34-3/h6-7,9-13,15,21,31H,1-4H3,(H,28,29)/t15-,21-/m0/s1. The van der Waals surface area contributed by atoms with Crippen molar-refractivity contribution >= 4 is 27.9 Å². The lowest BCUT2D eigenvalue weighted by Gasteiger charge is -2.23. The summed E-state index contributed by atoms with van der Waals surface area (Å²) < 4.78 is 41.6. The number of rotatable bonds is 9. The van der Waals surface area contributed by atoms with Crippen molar-refractivity contribution in [3.63, 3.8) is 0 Å². The fraction of sp³-hybridized carbons (Fsp3) is 0.261. The molecule has 0 saturated carbocycles. The van der Waals surface area contributed by atoms with Crippen molar-refractivity contribution in [1.29, 1.82) is 0 Å².